The average molecular weight is 260 g/mol. The Bertz CT molecular complexity index is 375. The van der Waals surface area contributed by atoms with Gasteiger partial charge in [-0.15, -0.1) is 0 Å². The number of aryl methyl sites for hydroxylation is 1. The number of benzene rings is 1. The van der Waals surface area contributed by atoms with E-state index in [1.165, 1.54) is 45.2 Å². The number of unbranched alkanes of at least 4 members (excludes halogenated alkanes) is 1. The minimum Gasteiger partial charge on any atom is -0.329 e. The van der Waals surface area contributed by atoms with Gasteiger partial charge in [-0.05, 0) is 49.3 Å². The van der Waals surface area contributed by atoms with Gasteiger partial charge in [-0.25, -0.2) is 0 Å². The number of hydrogen-bond donors (Lipinski definition) is 1. The van der Waals surface area contributed by atoms with Crippen LogP contribution in [0.1, 0.15) is 49.7 Å². The van der Waals surface area contributed by atoms with E-state index in [0.717, 1.165) is 13.1 Å². The van der Waals surface area contributed by atoms with Gasteiger partial charge in [0.1, 0.15) is 0 Å². The summed E-state index contributed by atoms with van der Waals surface area (Å²) >= 11 is 0. The quantitative estimate of drug-likeness (QED) is 0.816. The molecular formula is C17H28N2. The van der Waals surface area contributed by atoms with Crippen LogP contribution in [0, 0.1) is 0 Å². The lowest BCUT2D eigenvalue weighted by Gasteiger charge is -2.31. The molecule has 1 aliphatic rings. The second kappa shape index (κ2) is 7.66. The Morgan fingerprint density at radius 1 is 1.26 bits per heavy atom. The minimum atomic E-state index is 0.716. The van der Waals surface area contributed by atoms with Gasteiger partial charge in [0.05, 0.1) is 0 Å². The van der Waals surface area contributed by atoms with E-state index in [2.05, 4.69) is 36.1 Å². The fraction of sp³-hybridized carbons (Fsp3) is 0.647. The Hall–Kier alpha value is -0.860. The lowest BCUT2D eigenvalue weighted by Crippen LogP contribution is -2.35. The Morgan fingerprint density at radius 2 is 2.11 bits per heavy atom. The molecule has 0 aromatic heterocycles. The molecule has 1 aromatic rings. The third-order valence-electron chi connectivity index (χ3n) is 4.25. The predicted octanol–water partition coefficient (Wildman–Crippen LogP) is 3.17. The van der Waals surface area contributed by atoms with Crippen LogP contribution < -0.4 is 5.73 Å². The largest absolute Gasteiger partial charge is 0.329 e. The van der Waals surface area contributed by atoms with Crippen LogP contribution >= 0.6 is 0 Å². The summed E-state index contributed by atoms with van der Waals surface area (Å²) < 4.78 is 0. The van der Waals surface area contributed by atoms with Crippen molar-refractivity contribution in [2.45, 2.75) is 44.9 Å². The zero-order chi connectivity index (χ0) is 13.5. The van der Waals surface area contributed by atoms with Gasteiger partial charge in [-0.1, -0.05) is 37.6 Å². The van der Waals surface area contributed by atoms with Crippen LogP contribution in [-0.4, -0.2) is 31.1 Å². The molecule has 0 saturated carbocycles. The Labute approximate surface area is 118 Å². The summed E-state index contributed by atoms with van der Waals surface area (Å²) in [6.45, 7) is 6.47. The molecule has 2 heteroatoms. The maximum Gasteiger partial charge on any atom is 0.0105 e. The normalized spacial score (nSPS) is 18.6. The number of rotatable bonds is 7. The first-order valence-corrected chi connectivity index (χ1v) is 7.85. The smallest absolute Gasteiger partial charge is 0.0105 e. The van der Waals surface area contributed by atoms with Crippen molar-refractivity contribution in [1.82, 2.24) is 4.90 Å². The highest BCUT2D eigenvalue weighted by atomic mass is 15.1. The maximum absolute atomic E-state index is 5.76. The first-order chi connectivity index (χ1) is 9.35. The second-order valence-electron chi connectivity index (χ2n) is 5.73. The molecule has 2 rings (SSSR count). The van der Waals surface area contributed by atoms with Crippen LogP contribution in [0.2, 0.25) is 0 Å². The van der Waals surface area contributed by atoms with Crippen molar-refractivity contribution < 1.29 is 0 Å². The number of nitrogens with zero attached hydrogens (tertiary/aromatic N) is 1. The molecule has 1 aliphatic carbocycles. The molecule has 0 saturated heterocycles. The third-order valence-corrected chi connectivity index (χ3v) is 4.25. The fourth-order valence-electron chi connectivity index (χ4n) is 3.21. The van der Waals surface area contributed by atoms with E-state index in [4.69, 9.17) is 5.73 Å². The van der Waals surface area contributed by atoms with Crippen molar-refractivity contribution >= 4 is 0 Å². The molecule has 0 spiro atoms. The van der Waals surface area contributed by atoms with E-state index >= 15 is 0 Å². The lowest BCUT2D eigenvalue weighted by molar-refractivity contribution is 0.250. The summed E-state index contributed by atoms with van der Waals surface area (Å²) in [7, 11) is 0. The van der Waals surface area contributed by atoms with Crippen molar-refractivity contribution in [2.75, 3.05) is 26.2 Å². The summed E-state index contributed by atoms with van der Waals surface area (Å²) in [5.74, 6) is 0.716. The number of hydrogen-bond acceptors (Lipinski definition) is 2. The Balaban J connectivity index is 2.01. The fourth-order valence-corrected chi connectivity index (χ4v) is 3.21. The standard InChI is InChI=1S/C17H28N2/c1-2-3-12-19(13-11-18)14-16-9-6-8-15-7-4-5-10-17(15)16/h4-5,7,10,16H,2-3,6,8-9,11-14,18H2,1H3. The van der Waals surface area contributed by atoms with Gasteiger partial charge >= 0.3 is 0 Å². The summed E-state index contributed by atoms with van der Waals surface area (Å²) in [4.78, 5) is 2.57. The van der Waals surface area contributed by atoms with Crippen molar-refractivity contribution in [3.8, 4) is 0 Å². The predicted molar refractivity (Wildman–Crippen MR) is 82.5 cm³/mol. The molecule has 0 aliphatic heterocycles. The van der Waals surface area contributed by atoms with Crippen molar-refractivity contribution in [3.05, 3.63) is 35.4 Å². The molecule has 0 amide bonds. The summed E-state index contributed by atoms with van der Waals surface area (Å²) in [6.07, 6.45) is 6.49. The number of fused-ring (bicyclic) bond motifs is 1. The molecule has 19 heavy (non-hydrogen) atoms. The van der Waals surface area contributed by atoms with Gasteiger partial charge < -0.3 is 10.6 Å². The highest BCUT2D eigenvalue weighted by Crippen LogP contribution is 2.32. The van der Waals surface area contributed by atoms with Gasteiger partial charge in [0.15, 0.2) is 0 Å². The molecule has 0 radical (unpaired) electrons. The molecule has 1 atom stereocenters. The third kappa shape index (κ3) is 4.05. The van der Waals surface area contributed by atoms with Gasteiger partial charge in [0.25, 0.3) is 0 Å². The van der Waals surface area contributed by atoms with E-state index in [0.29, 0.717) is 5.92 Å². The molecule has 0 bridgehead atoms. The SMILES string of the molecule is CCCCN(CCN)CC1CCCc2ccccc21. The second-order valence-corrected chi connectivity index (χ2v) is 5.73. The van der Waals surface area contributed by atoms with Crippen molar-refractivity contribution in [2.24, 2.45) is 5.73 Å². The first-order valence-electron chi connectivity index (χ1n) is 7.85. The van der Waals surface area contributed by atoms with Gasteiger partial charge in [-0.2, -0.15) is 0 Å². The first kappa shape index (κ1) is 14.5. The highest BCUT2D eigenvalue weighted by Gasteiger charge is 2.21. The summed E-state index contributed by atoms with van der Waals surface area (Å²) in [5.41, 5.74) is 8.92. The molecule has 106 valence electrons. The molecule has 2 nitrogen and oxygen atoms in total. The van der Waals surface area contributed by atoms with Crippen LogP contribution in [0.25, 0.3) is 0 Å². The Kier molecular flexibility index (Phi) is 5.87. The maximum atomic E-state index is 5.76. The molecule has 1 aromatic carbocycles. The van der Waals surface area contributed by atoms with Crippen LogP contribution in [-0.2, 0) is 6.42 Å². The molecular weight excluding hydrogens is 232 g/mol. The number of nitrogens with two attached hydrogens (primary N) is 1. The van der Waals surface area contributed by atoms with E-state index < -0.39 is 0 Å². The van der Waals surface area contributed by atoms with E-state index in [1.54, 1.807) is 11.1 Å². The van der Waals surface area contributed by atoms with E-state index in [1.807, 2.05) is 0 Å². The van der Waals surface area contributed by atoms with Crippen LogP contribution in [0.4, 0.5) is 0 Å². The molecule has 2 N–H and O–H groups in total. The van der Waals surface area contributed by atoms with Gasteiger partial charge in [0.2, 0.25) is 0 Å². The summed E-state index contributed by atoms with van der Waals surface area (Å²) in [6, 6.07) is 9.01. The molecule has 0 fully saturated rings. The van der Waals surface area contributed by atoms with Gasteiger partial charge in [-0.3, -0.25) is 0 Å². The van der Waals surface area contributed by atoms with Crippen LogP contribution in [0.5, 0.6) is 0 Å². The average Bonchev–Trinajstić information content (AvgIpc) is 2.45. The van der Waals surface area contributed by atoms with Crippen molar-refractivity contribution in [1.29, 1.82) is 0 Å². The Morgan fingerprint density at radius 3 is 2.89 bits per heavy atom. The zero-order valence-electron chi connectivity index (χ0n) is 12.3. The molecule has 1 unspecified atom stereocenters. The van der Waals surface area contributed by atoms with Crippen LogP contribution in [0.3, 0.4) is 0 Å². The zero-order valence-corrected chi connectivity index (χ0v) is 12.3. The highest BCUT2D eigenvalue weighted by molar-refractivity contribution is 5.32. The topological polar surface area (TPSA) is 29.3 Å². The monoisotopic (exact) mass is 260 g/mol. The van der Waals surface area contributed by atoms with Crippen LogP contribution in [0.15, 0.2) is 24.3 Å². The molecule has 0 heterocycles. The van der Waals surface area contributed by atoms with Gasteiger partial charge in [0, 0.05) is 19.6 Å². The van der Waals surface area contributed by atoms with E-state index in [9.17, 15) is 0 Å². The lowest BCUT2D eigenvalue weighted by atomic mass is 9.82. The minimum absolute atomic E-state index is 0.716. The van der Waals surface area contributed by atoms with E-state index in [-0.39, 0.29) is 0 Å². The van der Waals surface area contributed by atoms with Crippen molar-refractivity contribution in [3.63, 3.8) is 0 Å². The summed E-state index contributed by atoms with van der Waals surface area (Å²) in [5, 5.41) is 0.